The molecular formula is C15H12N4O. The predicted molar refractivity (Wildman–Crippen MR) is 78.4 cm³/mol. The van der Waals surface area contributed by atoms with E-state index in [1.54, 1.807) is 0 Å². The summed E-state index contributed by atoms with van der Waals surface area (Å²) in [5, 5.41) is 6.55. The van der Waals surface area contributed by atoms with Crippen LogP contribution in [-0.4, -0.2) is 6.03 Å². The van der Waals surface area contributed by atoms with Crippen LogP contribution in [0.2, 0.25) is 0 Å². The van der Waals surface area contributed by atoms with E-state index in [0.717, 1.165) is 22.5 Å². The molecule has 2 aromatic carbocycles. The molecule has 0 bridgehead atoms. The maximum atomic E-state index is 12.2. The Morgan fingerprint density at radius 3 is 1.90 bits per heavy atom. The van der Waals surface area contributed by atoms with Gasteiger partial charge in [0.1, 0.15) is 0 Å². The zero-order valence-electron chi connectivity index (χ0n) is 10.6. The Labute approximate surface area is 116 Å². The predicted octanol–water partition coefficient (Wildman–Crippen LogP) is 3.75. The van der Waals surface area contributed by atoms with Crippen LogP contribution in [0.3, 0.4) is 0 Å². The molecular weight excluding hydrogens is 252 g/mol. The number of para-hydroxylation sites is 2. The molecule has 20 heavy (non-hydrogen) atoms. The van der Waals surface area contributed by atoms with Gasteiger partial charge in [0, 0.05) is 0 Å². The zero-order chi connectivity index (χ0) is 13.9. The Kier molecular flexibility index (Phi) is 3.01. The second-order valence-electron chi connectivity index (χ2n) is 4.28. The van der Waals surface area contributed by atoms with E-state index in [4.69, 9.17) is 5.84 Å². The molecule has 0 radical (unpaired) electrons. The molecule has 0 unspecified atom stereocenters. The maximum absolute atomic E-state index is 12.2. The highest BCUT2D eigenvalue weighted by molar-refractivity contribution is 6.05. The molecule has 2 N–H and O–H groups in total. The van der Waals surface area contributed by atoms with E-state index in [1.807, 2.05) is 60.7 Å². The van der Waals surface area contributed by atoms with Crippen LogP contribution >= 0.6 is 0 Å². The molecule has 5 nitrogen and oxygen atoms in total. The number of fused-ring (bicyclic) bond motifs is 2. The molecule has 0 spiro atoms. The smallest absolute Gasteiger partial charge is 0.304 e. The fourth-order valence-corrected chi connectivity index (χ4v) is 2.27. The quantitative estimate of drug-likeness (QED) is 0.447. The summed E-state index contributed by atoms with van der Waals surface area (Å²) in [5.74, 6) is 5.01. The molecule has 0 atom stereocenters. The van der Waals surface area contributed by atoms with Crippen molar-refractivity contribution in [3.8, 4) is 0 Å². The van der Waals surface area contributed by atoms with Gasteiger partial charge in [0.25, 0.3) is 0 Å². The molecule has 1 aliphatic heterocycles. The molecule has 0 aromatic heterocycles. The molecule has 0 saturated carbocycles. The van der Waals surface area contributed by atoms with Gasteiger partial charge in [-0.2, -0.15) is 0 Å². The number of nitrogens with zero attached hydrogens (tertiary/aromatic N) is 3. The third-order valence-corrected chi connectivity index (χ3v) is 3.13. The minimum absolute atomic E-state index is 0.517. The number of urea groups is 1. The number of anilines is 2. The van der Waals surface area contributed by atoms with E-state index in [2.05, 4.69) is 10.3 Å². The van der Waals surface area contributed by atoms with Crippen molar-refractivity contribution in [1.82, 2.24) is 0 Å². The summed E-state index contributed by atoms with van der Waals surface area (Å²) in [7, 11) is 0. The van der Waals surface area contributed by atoms with E-state index >= 15 is 0 Å². The SMILES string of the molecule is NN=NC(=O)N1c2ccccc2C=Cc2ccccc21. The van der Waals surface area contributed by atoms with Crippen molar-refractivity contribution in [2.45, 2.75) is 0 Å². The molecule has 1 heterocycles. The number of rotatable bonds is 0. The van der Waals surface area contributed by atoms with Crippen LogP contribution in [0, 0.1) is 0 Å². The molecule has 0 saturated heterocycles. The van der Waals surface area contributed by atoms with Crippen LogP contribution in [0.5, 0.6) is 0 Å². The summed E-state index contributed by atoms with van der Waals surface area (Å²) >= 11 is 0. The first kappa shape index (κ1) is 12.1. The van der Waals surface area contributed by atoms with Crippen LogP contribution in [-0.2, 0) is 0 Å². The second kappa shape index (κ2) is 4.97. The molecule has 98 valence electrons. The topological polar surface area (TPSA) is 71.0 Å². The van der Waals surface area contributed by atoms with Gasteiger partial charge in [-0.25, -0.2) is 4.79 Å². The largest absolute Gasteiger partial charge is 0.372 e. The van der Waals surface area contributed by atoms with Crippen molar-refractivity contribution in [2.75, 3.05) is 4.90 Å². The molecule has 5 heteroatoms. The lowest BCUT2D eigenvalue weighted by Crippen LogP contribution is -2.23. The Balaban J connectivity index is 2.26. The highest BCUT2D eigenvalue weighted by Gasteiger charge is 2.23. The van der Waals surface area contributed by atoms with Crippen LogP contribution in [0.15, 0.2) is 58.9 Å². The first-order chi connectivity index (χ1) is 9.81. The minimum Gasteiger partial charge on any atom is -0.304 e. The van der Waals surface area contributed by atoms with Gasteiger partial charge in [-0.05, 0) is 23.3 Å². The van der Waals surface area contributed by atoms with Crippen molar-refractivity contribution < 1.29 is 4.79 Å². The Morgan fingerprint density at radius 2 is 1.40 bits per heavy atom. The van der Waals surface area contributed by atoms with Gasteiger partial charge < -0.3 is 5.84 Å². The molecule has 0 fully saturated rings. The Bertz CT molecular complexity index is 672. The summed E-state index contributed by atoms with van der Waals surface area (Å²) in [4.78, 5) is 13.7. The maximum Gasteiger partial charge on any atom is 0.372 e. The van der Waals surface area contributed by atoms with Gasteiger partial charge in [-0.1, -0.05) is 58.9 Å². The molecule has 0 aliphatic carbocycles. The zero-order valence-corrected chi connectivity index (χ0v) is 10.6. The monoisotopic (exact) mass is 264 g/mol. The lowest BCUT2D eigenvalue weighted by atomic mass is 10.1. The van der Waals surface area contributed by atoms with Crippen LogP contribution < -0.4 is 10.7 Å². The van der Waals surface area contributed by atoms with E-state index in [0.29, 0.717) is 0 Å². The lowest BCUT2D eigenvalue weighted by molar-refractivity contribution is 0.255. The lowest BCUT2D eigenvalue weighted by Gasteiger charge is -2.22. The fraction of sp³-hybridized carbons (Fsp3) is 0. The molecule has 1 aliphatic rings. The van der Waals surface area contributed by atoms with Crippen LogP contribution in [0.25, 0.3) is 12.2 Å². The first-order valence-corrected chi connectivity index (χ1v) is 6.12. The fourth-order valence-electron chi connectivity index (χ4n) is 2.27. The van der Waals surface area contributed by atoms with Crippen molar-refractivity contribution in [3.63, 3.8) is 0 Å². The number of carbonyl (C=O) groups is 1. The van der Waals surface area contributed by atoms with Crippen LogP contribution in [0.1, 0.15) is 11.1 Å². The van der Waals surface area contributed by atoms with Gasteiger partial charge in [-0.15, -0.1) is 0 Å². The number of hydrogen-bond acceptors (Lipinski definition) is 2. The van der Waals surface area contributed by atoms with E-state index < -0.39 is 6.03 Å². The van der Waals surface area contributed by atoms with Crippen LogP contribution in [0.4, 0.5) is 16.2 Å². The third kappa shape index (κ3) is 1.95. The van der Waals surface area contributed by atoms with Crippen molar-refractivity contribution >= 4 is 29.6 Å². The van der Waals surface area contributed by atoms with Crippen molar-refractivity contribution in [3.05, 3.63) is 59.7 Å². The molecule has 3 rings (SSSR count). The van der Waals surface area contributed by atoms with Gasteiger partial charge in [0.05, 0.1) is 11.4 Å². The minimum atomic E-state index is -0.517. The Morgan fingerprint density at radius 1 is 0.900 bits per heavy atom. The third-order valence-electron chi connectivity index (χ3n) is 3.13. The van der Waals surface area contributed by atoms with Gasteiger partial charge in [0.2, 0.25) is 0 Å². The van der Waals surface area contributed by atoms with Gasteiger partial charge >= 0.3 is 6.03 Å². The highest BCUT2D eigenvalue weighted by Crippen LogP contribution is 2.36. The van der Waals surface area contributed by atoms with Crippen molar-refractivity contribution in [2.24, 2.45) is 16.2 Å². The summed E-state index contributed by atoms with van der Waals surface area (Å²) in [6, 6.07) is 14.7. The van der Waals surface area contributed by atoms with Crippen molar-refractivity contribution in [1.29, 1.82) is 0 Å². The van der Waals surface area contributed by atoms with E-state index in [1.165, 1.54) is 4.90 Å². The normalized spacial score (nSPS) is 12.9. The molecule has 2 aromatic rings. The average molecular weight is 264 g/mol. The Hall–Kier alpha value is -2.95. The number of amides is 2. The standard InChI is InChI=1S/C15H12N4O/c16-18-17-15(20)19-13-7-3-1-5-11(13)9-10-12-6-2-4-8-14(12)19/h1-10H,(H2,16,17,20). The van der Waals surface area contributed by atoms with E-state index in [-0.39, 0.29) is 0 Å². The molecule has 2 amide bonds. The van der Waals surface area contributed by atoms with Gasteiger partial charge in [-0.3, -0.25) is 4.90 Å². The number of hydrogen-bond donors (Lipinski definition) is 1. The first-order valence-electron chi connectivity index (χ1n) is 6.12. The second-order valence-corrected chi connectivity index (χ2v) is 4.28. The summed E-state index contributed by atoms with van der Waals surface area (Å²) < 4.78 is 0. The number of nitrogens with two attached hydrogens (primary N) is 1. The van der Waals surface area contributed by atoms with E-state index in [9.17, 15) is 4.79 Å². The average Bonchev–Trinajstić information content (AvgIpc) is 2.64. The summed E-state index contributed by atoms with van der Waals surface area (Å²) in [5.41, 5.74) is 3.38. The highest BCUT2D eigenvalue weighted by atomic mass is 16.2. The number of carbonyl (C=O) groups excluding carboxylic acids is 1. The summed E-state index contributed by atoms with van der Waals surface area (Å²) in [6.45, 7) is 0. The number of benzene rings is 2. The summed E-state index contributed by atoms with van der Waals surface area (Å²) in [6.07, 6.45) is 3.95. The van der Waals surface area contributed by atoms with Gasteiger partial charge in [0.15, 0.2) is 0 Å².